The number of aliphatic imine (C=N–C) groups is 1. The predicted octanol–water partition coefficient (Wildman–Crippen LogP) is 6.08. The fourth-order valence-corrected chi connectivity index (χ4v) is 7.27. The van der Waals surface area contributed by atoms with Crippen molar-refractivity contribution in [2.24, 2.45) is 4.99 Å². The van der Waals surface area contributed by atoms with E-state index in [1.807, 2.05) is 29.2 Å². The molecule has 49 heavy (non-hydrogen) atoms. The van der Waals surface area contributed by atoms with Gasteiger partial charge in [0, 0.05) is 56.4 Å². The molecule has 0 saturated carbocycles. The number of amides is 3. The molecule has 3 aromatic carbocycles. The summed E-state index contributed by atoms with van der Waals surface area (Å²) in [5.74, 6) is -0.796. The summed E-state index contributed by atoms with van der Waals surface area (Å²) in [5.41, 5.74) is 1.64. The minimum atomic E-state index is -4.08. The van der Waals surface area contributed by atoms with Gasteiger partial charge in [-0.25, -0.2) is 17.6 Å². The normalized spacial score (nSPS) is 18.5. The van der Waals surface area contributed by atoms with Gasteiger partial charge in [0.25, 0.3) is 0 Å². The number of ether oxygens (including phenoxy) is 1. The average molecular weight is 733 g/mol. The molecule has 262 valence electrons. The lowest BCUT2D eigenvalue weighted by Crippen LogP contribution is -2.55. The molecule has 0 radical (unpaired) electrons. The third-order valence-electron chi connectivity index (χ3n) is 8.70. The van der Waals surface area contributed by atoms with E-state index < -0.39 is 37.9 Å². The Morgan fingerprint density at radius 1 is 0.959 bits per heavy atom. The minimum absolute atomic E-state index is 0.0331. The number of amidine groups is 1. The second-order valence-electron chi connectivity index (χ2n) is 12.5. The van der Waals surface area contributed by atoms with Gasteiger partial charge >= 0.3 is 6.03 Å². The Hall–Kier alpha value is -3.71. The van der Waals surface area contributed by atoms with Crippen LogP contribution in [0.1, 0.15) is 49.5 Å². The molecule has 2 aliphatic heterocycles. The van der Waals surface area contributed by atoms with E-state index in [2.05, 4.69) is 0 Å². The lowest BCUT2D eigenvalue weighted by atomic mass is 9.93. The number of halogens is 3. The van der Waals surface area contributed by atoms with Crippen molar-refractivity contribution in [2.45, 2.75) is 43.0 Å². The first-order valence-corrected chi connectivity index (χ1v) is 18.3. The summed E-state index contributed by atoms with van der Waals surface area (Å²) in [6, 6.07) is 14.7. The van der Waals surface area contributed by atoms with E-state index in [9.17, 15) is 18.0 Å². The van der Waals surface area contributed by atoms with Gasteiger partial charge in [-0.2, -0.15) is 0 Å². The Bertz CT molecular complexity index is 1830. The van der Waals surface area contributed by atoms with Crippen LogP contribution in [0.2, 0.25) is 10.0 Å². The zero-order valence-electron chi connectivity index (χ0n) is 28.1. The van der Waals surface area contributed by atoms with Crippen LogP contribution in [-0.2, 0) is 14.6 Å². The number of nitrogens with zero attached hydrogens (tertiary/aromatic N) is 5. The van der Waals surface area contributed by atoms with Crippen LogP contribution in [0.3, 0.4) is 0 Å². The topological polar surface area (TPSA) is 103 Å². The first kappa shape index (κ1) is 36.6. The van der Waals surface area contributed by atoms with Crippen LogP contribution in [0, 0.1) is 5.82 Å². The molecule has 5 rings (SSSR count). The quantitative estimate of drug-likeness (QED) is 0.264. The first-order valence-electron chi connectivity index (χ1n) is 16.0. The molecule has 0 bridgehead atoms. The molecule has 0 N–H and O–H groups in total. The predicted molar refractivity (Wildman–Crippen MR) is 189 cm³/mol. The summed E-state index contributed by atoms with van der Waals surface area (Å²) in [4.78, 5) is 38.6. The number of sulfone groups is 1. The number of urea groups is 1. The second-order valence-corrected chi connectivity index (χ2v) is 15.8. The van der Waals surface area contributed by atoms with Crippen molar-refractivity contribution >= 4 is 50.8 Å². The van der Waals surface area contributed by atoms with Crippen molar-refractivity contribution in [3.63, 3.8) is 0 Å². The minimum Gasteiger partial charge on any atom is -0.493 e. The molecule has 3 aromatic rings. The second kappa shape index (κ2) is 15.0. The average Bonchev–Trinajstić information content (AvgIpc) is 3.45. The van der Waals surface area contributed by atoms with E-state index in [1.165, 1.54) is 24.8 Å². The summed E-state index contributed by atoms with van der Waals surface area (Å²) in [6.45, 7) is 6.67. The molecule has 2 aliphatic rings. The zero-order chi connectivity index (χ0) is 35.6. The van der Waals surface area contributed by atoms with E-state index in [0.717, 1.165) is 17.2 Å². The van der Waals surface area contributed by atoms with E-state index in [4.69, 9.17) is 32.9 Å². The third kappa shape index (κ3) is 7.72. The number of carbonyl (C=O) groups excluding carboxylic acids is 2. The number of hydrogen-bond donors (Lipinski definition) is 0. The van der Waals surface area contributed by atoms with Crippen molar-refractivity contribution in [2.75, 3.05) is 53.4 Å². The highest BCUT2D eigenvalue weighted by atomic mass is 35.5. The maximum absolute atomic E-state index is 15.5. The number of likely N-dealkylation sites (N-methyl/N-ethyl adjacent to an activating group) is 1. The van der Waals surface area contributed by atoms with Gasteiger partial charge in [0.05, 0.1) is 30.0 Å². The summed E-state index contributed by atoms with van der Waals surface area (Å²) in [6.07, 6.45) is 0. The van der Waals surface area contributed by atoms with Gasteiger partial charge in [0.1, 0.15) is 28.3 Å². The molecular formula is C35H40Cl2FN5O5S. The molecule has 0 aliphatic carbocycles. The number of benzene rings is 3. The van der Waals surface area contributed by atoms with Gasteiger partial charge in [-0.1, -0.05) is 47.5 Å². The zero-order valence-corrected chi connectivity index (χ0v) is 30.4. The maximum atomic E-state index is 15.5. The molecule has 2 atom stereocenters. The van der Waals surface area contributed by atoms with E-state index >= 15 is 4.39 Å². The Labute approximate surface area is 297 Å². The smallest absolute Gasteiger partial charge is 0.326 e. The third-order valence-corrected chi connectivity index (χ3v) is 11.4. The van der Waals surface area contributed by atoms with Gasteiger partial charge in [-0.15, -0.1) is 0 Å². The highest BCUT2D eigenvalue weighted by molar-refractivity contribution is 7.92. The van der Waals surface area contributed by atoms with Crippen LogP contribution >= 0.6 is 23.2 Å². The Morgan fingerprint density at radius 2 is 1.53 bits per heavy atom. The lowest BCUT2D eigenvalue weighted by Gasteiger charge is -2.39. The van der Waals surface area contributed by atoms with Gasteiger partial charge in [0.2, 0.25) is 5.91 Å². The summed E-state index contributed by atoms with van der Waals surface area (Å²) >= 11 is 12.5. The number of carbonyl (C=O) groups is 2. The van der Waals surface area contributed by atoms with Crippen LogP contribution in [0.15, 0.2) is 70.6 Å². The van der Waals surface area contributed by atoms with E-state index in [1.54, 1.807) is 55.1 Å². The van der Waals surface area contributed by atoms with Gasteiger partial charge in [0.15, 0.2) is 9.84 Å². The largest absolute Gasteiger partial charge is 0.493 e. The van der Waals surface area contributed by atoms with Crippen LogP contribution in [-0.4, -0.2) is 104 Å². The number of hydrogen-bond acceptors (Lipinski definition) is 7. The molecule has 1 fully saturated rings. The summed E-state index contributed by atoms with van der Waals surface area (Å²) in [7, 11) is -0.673. The van der Waals surface area contributed by atoms with Crippen LogP contribution in [0.25, 0.3) is 0 Å². The molecule has 2 unspecified atom stereocenters. The fourth-order valence-electron chi connectivity index (χ4n) is 5.89. The Kier molecular flexibility index (Phi) is 11.2. The molecule has 0 spiro atoms. The van der Waals surface area contributed by atoms with E-state index in [0.29, 0.717) is 36.2 Å². The van der Waals surface area contributed by atoms with Crippen molar-refractivity contribution in [3.8, 4) is 5.75 Å². The van der Waals surface area contributed by atoms with Crippen molar-refractivity contribution in [1.82, 2.24) is 19.6 Å². The van der Waals surface area contributed by atoms with Gasteiger partial charge in [-0.3, -0.25) is 19.6 Å². The lowest BCUT2D eigenvalue weighted by molar-refractivity contribution is -0.130. The maximum Gasteiger partial charge on any atom is 0.326 e. The SMILES string of the molecule is CCOc1cc(F)c(S(=O)(=O)C(C)C)cc1C1=NC(c2ccc(Cl)cc2)C(c2ccc(Cl)cc2)N1C(=O)N1CCN(CC(=O)N(C)C)CC1. The van der Waals surface area contributed by atoms with Crippen LogP contribution in [0.5, 0.6) is 5.75 Å². The summed E-state index contributed by atoms with van der Waals surface area (Å²) in [5, 5.41) is 0.122. The highest BCUT2D eigenvalue weighted by Crippen LogP contribution is 2.46. The molecule has 14 heteroatoms. The standard InChI is InChI=1S/C35H40Cl2FN5O5S/c1-6-48-29-20-28(38)30(49(46,47)22(2)3)19-27(29)34-39-32(23-7-11-25(36)12-8-23)33(24-9-13-26(37)14-10-24)43(34)35(45)42-17-15-41(16-18-42)21-31(44)40(4)5/h7-14,19-20,22,32-33H,6,15-18,21H2,1-5H3. The molecule has 0 aromatic heterocycles. The Balaban J connectivity index is 1.68. The van der Waals surface area contributed by atoms with Crippen molar-refractivity contribution in [1.29, 1.82) is 0 Å². The number of rotatable bonds is 9. The fraction of sp³-hybridized carbons (Fsp3) is 0.400. The summed E-state index contributed by atoms with van der Waals surface area (Å²) < 4.78 is 48.1. The number of piperazine rings is 1. The monoisotopic (exact) mass is 731 g/mol. The van der Waals surface area contributed by atoms with Crippen molar-refractivity contribution in [3.05, 3.63) is 93.2 Å². The Morgan fingerprint density at radius 3 is 2.06 bits per heavy atom. The van der Waals surface area contributed by atoms with Crippen LogP contribution < -0.4 is 4.74 Å². The molecular weight excluding hydrogens is 692 g/mol. The molecule has 3 amide bonds. The van der Waals surface area contributed by atoms with Crippen LogP contribution in [0.4, 0.5) is 9.18 Å². The van der Waals surface area contributed by atoms with Gasteiger partial charge in [-0.05, 0) is 62.2 Å². The van der Waals surface area contributed by atoms with Gasteiger partial charge < -0.3 is 14.5 Å². The highest BCUT2D eigenvalue weighted by Gasteiger charge is 2.45. The van der Waals surface area contributed by atoms with E-state index in [-0.39, 0.29) is 42.2 Å². The molecule has 2 heterocycles. The molecule has 1 saturated heterocycles. The first-order chi connectivity index (χ1) is 23.2. The molecule has 10 nitrogen and oxygen atoms in total. The van der Waals surface area contributed by atoms with Crippen molar-refractivity contribution < 1.29 is 27.1 Å².